The van der Waals surface area contributed by atoms with E-state index in [1.54, 1.807) is 31.2 Å². The van der Waals surface area contributed by atoms with Gasteiger partial charge in [-0.25, -0.2) is 0 Å². The van der Waals surface area contributed by atoms with Crippen molar-refractivity contribution in [3.8, 4) is 5.75 Å². The van der Waals surface area contributed by atoms with Crippen molar-refractivity contribution in [2.24, 2.45) is 5.92 Å². The van der Waals surface area contributed by atoms with E-state index in [9.17, 15) is 9.59 Å². The van der Waals surface area contributed by atoms with Gasteiger partial charge in [-0.3, -0.25) is 9.59 Å². The highest BCUT2D eigenvalue weighted by molar-refractivity contribution is 5.97. The molecule has 1 amide bonds. The quantitative estimate of drug-likeness (QED) is 0.813. The van der Waals surface area contributed by atoms with Crippen molar-refractivity contribution < 1.29 is 24.0 Å². The molecule has 0 aliphatic heterocycles. The van der Waals surface area contributed by atoms with Gasteiger partial charge in [-0.05, 0) is 37.8 Å². The number of amides is 1. The summed E-state index contributed by atoms with van der Waals surface area (Å²) in [5.41, 5.74) is 0.424. The van der Waals surface area contributed by atoms with E-state index in [-0.39, 0.29) is 24.5 Å². The molecule has 1 saturated carbocycles. The minimum absolute atomic E-state index is 0.0222. The first-order valence-corrected chi connectivity index (χ1v) is 8.57. The third kappa shape index (κ3) is 4.38. The number of aryl methyl sites for hydroxylation is 1. The van der Waals surface area contributed by atoms with Crippen LogP contribution in [0.2, 0.25) is 0 Å². The first-order valence-electron chi connectivity index (χ1n) is 8.57. The van der Waals surface area contributed by atoms with Crippen molar-refractivity contribution in [3.63, 3.8) is 0 Å². The summed E-state index contributed by atoms with van der Waals surface area (Å²) in [6.45, 7) is 1.79. The average molecular weight is 359 g/mol. The van der Waals surface area contributed by atoms with E-state index in [1.807, 2.05) is 0 Å². The Bertz CT molecular complexity index is 781. The van der Waals surface area contributed by atoms with E-state index >= 15 is 0 Å². The van der Waals surface area contributed by atoms with E-state index in [1.165, 1.54) is 0 Å². The normalized spacial score (nSPS) is 19.7. The number of hydrogen-bond donors (Lipinski definition) is 2. The maximum Gasteiger partial charge on any atom is 0.306 e. The Morgan fingerprint density at radius 3 is 2.65 bits per heavy atom. The van der Waals surface area contributed by atoms with E-state index in [0.29, 0.717) is 48.7 Å². The van der Waals surface area contributed by atoms with Crippen LogP contribution >= 0.6 is 0 Å². The maximum atomic E-state index is 12.6. The maximum absolute atomic E-state index is 12.6. The molecule has 2 aromatic rings. The molecule has 1 aromatic heterocycles. The molecule has 0 saturated heterocycles. The lowest BCUT2D eigenvalue weighted by Crippen LogP contribution is -2.38. The van der Waals surface area contributed by atoms with Crippen molar-refractivity contribution in [1.82, 2.24) is 15.5 Å². The predicted octanol–water partition coefficient (Wildman–Crippen LogP) is 2.33. The molecule has 0 spiro atoms. The second-order valence-corrected chi connectivity index (χ2v) is 6.37. The van der Waals surface area contributed by atoms with Gasteiger partial charge >= 0.3 is 5.97 Å². The van der Waals surface area contributed by atoms with Gasteiger partial charge in [-0.1, -0.05) is 17.3 Å². The van der Waals surface area contributed by atoms with E-state index in [2.05, 4.69) is 15.5 Å². The molecule has 0 bridgehead atoms. The number of carboxylic acids is 1. The number of aliphatic carboxylic acids is 1. The molecule has 0 unspecified atom stereocenters. The third-order valence-corrected chi connectivity index (χ3v) is 4.47. The van der Waals surface area contributed by atoms with Crippen LogP contribution in [0.25, 0.3) is 0 Å². The highest BCUT2D eigenvalue weighted by Gasteiger charge is 2.27. The Morgan fingerprint density at radius 2 is 2.00 bits per heavy atom. The number of nitrogens with one attached hydrogen (secondary N) is 1. The van der Waals surface area contributed by atoms with Gasteiger partial charge in [0.1, 0.15) is 5.75 Å². The highest BCUT2D eigenvalue weighted by atomic mass is 16.5. The summed E-state index contributed by atoms with van der Waals surface area (Å²) in [5, 5.41) is 15.8. The molecular formula is C18H21N3O5. The molecule has 0 radical (unpaired) electrons. The standard InChI is InChI=1S/C18H21N3O5/c1-11-19-16(21-26-11)10-25-15-5-3-2-4-14(15)17(22)20-13-8-6-12(7-9-13)18(23)24/h2-5,12-13H,6-10H2,1H3,(H,20,22)(H,23,24). The first kappa shape index (κ1) is 17.9. The summed E-state index contributed by atoms with van der Waals surface area (Å²) in [4.78, 5) is 27.7. The SMILES string of the molecule is Cc1nc(COc2ccccc2C(=O)NC2CCC(C(=O)O)CC2)no1. The molecule has 1 aromatic carbocycles. The zero-order chi connectivity index (χ0) is 18.5. The molecule has 1 aliphatic rings. The second kappa shape index (κ2) is 7.99. The molecule has 3 rings (SSSR count). The molecule has 0 atom stereocenters. The van der Waals surface area contributed by atoms with Gasteiger partial charge in [0.25, 0.3) is 5.91 Å². The van der Waals surface area contributed by atoms with Gasteiger partial charge in [0, 0.05) is 13.0 Å². The number of nitrogens with zero attached hydrogens (tertiary/aromatic N) is 2. The minimum Gasteiger partial charge on any atom is -0.485 e. The Hall–Kier alpha value is -2.90. The number of hydrogen-bond acceptors (Lipinski definition) is 6. The lowest BCUT2D eigenvalue weighted by atomic mass is 9.86. The zero-order valence-electron chi connectivity index (χ0n) is 14.5. The summed E-state index contributed by atoms with van der Waals surface area (Å²) >= 11 is 0. The molecule has 26 heavy (non-hydrogen) atoms. The number of ether oxygens (including phenoxy) is 1. The molecule has 8 nitrogen and oxygen atoms in total. The van der Waals surface area contributed by atoms with E-state index in [0.717, 1.165) is 0 Å². The van der Waals surface area contributed by atoms with Crippen molar-refractivity contribution in [1.29, 1.82) is 0 Å². The second-order valence-electron chi connectivity index (χ2n) is 6.37. The predicted molar refractivity (Wildman–Crippen MR) is 90.7 cm³/mol. The van der Waals surface area contributed by atoms with Crippen molar-refractivity contribution in [2.75, 3.05) is 0 Å². The first-order chi connectivity index (χ1) is 12.5. The lowest BCUT2D eigenvalue weighted by Gasteiger charge is -2.27. The van der Waals surface area contributed by atoms with Crippen LogP contribution in [-0.4, -0.2) is 33.2 Å². The van der Waals surface area contributed by atoms with Crippen LogP contribution in [0.4, 0.5) is 0 Å². The number of carbonyl (C=O) groups is 2. The minimum atomic E-state index is -0.759. The average Bonchev–Trinajstić information content (AvgIpc) is 3.06. The summed E-state index contributed by atoms with van der Waals surface area (Å²) in [6.07, 6.45) is 2.48. The number of rotatable bonds is 6. The third-order valence-electron chi connectivity index (χ3n) is 4.47. The fourth-order valence-electron chi connectivity index (χ4n) is 3.07. The smallest absolute Gasteiger partial charge is 0.306 e. The Morgan fingerprint density at radius 1 is 1.27 bits per heavy atom. The highest BCUT2D eigenvalue weighted by Crippen LogP contribution is 2.25. The topological polar surface area (TPSA) is 115 Å². The van der Waals surface area contributed by atoms with Crippen LogP contribution < -0.4 is 10.1 Å². The van der Waals surface area contributed by atoms with Crippen molar-refractivity contribution in [3.05, 3.63) is 41.5 Å². The van der Waals surface area contributed by atoms with Crippen molar-refractivity contribution >= 4 is 11.9 Å². The molecule has 138 valence electrons. The fourth-order valence-corrected chi connectivity index (χ4v) is 3.07. The number of aromatic nitrogens is 2. The van der Waals surface area contributed by atoms with Gasteiger partial charge in [-0.2, -0.15) is 4.98 Å². The molecule has 8 heteroatoms. The van der Waals surface area contributed by atoms with Gasteiger partial charge in [0.15, 0.2) is 6.61 Å². The monoisotopic (exact) mass is 359 g/mol. The summed E-state index contributed by atoms with van der Waals surface area (Å²) in [6, 6.07) is 6.93. The van der Waals surface area contributed by atoms with Crippen LogP contribution in [0.3, 0.4) is 0 Å². The van der Waals surface area contributed by atoms with Gasteiger partial charge in [-0.15, -0.1) is 0 Å². The largest absolute Gasteiger partial charge is 0.485 e. The van der Waals surface area contributed by atoms with Gasteiger partial charge < -0.3 is 19.7 Å². The summed E-state index contributed by atoms with van der Waals surface area (Å²) in [5.74, 6) is -0.00551. The number of carbonyl (C=O) groups excluding carboxylic acids is 1. The Balaban J connectivity index is 1.60. The zero-order valence-corrected chi connectivity index (χ0v) is 14.5. The number of carboxylic acid groups (broad SMARTS) is 1. The van der Waals surface area contributed by atoms with E-state index in [4.69, 9.17) is 14.4 Å². The number of benzene rings is 1. The summed E-state index contributed by atoms with van der Waals surface area (Å²) < 4.78 is 10.6. The molecule has 1 aliphatic carbocycles. The Kier molecular flexibility index (Phi) is 5.50. The molecule has 1 fully saturated rings. The van der Waals surface area contributed by atoms with Gasteiger partial charge in [0.2, 0.25) is 11.7 Å². The van der Waals surface area contributed by atoms with Crippen molar-refractivity contribution in [2.45, 2.75) is 45.3 Å². The van der Waals surface area contributed by atoms with E-state index < -0.39 is 5.97 Å². The lowest BCUT2D eigenvalue weighted by molar-refractivity contribution is -0.142. The Labute approximate surface area is 150 Å². The molecular weight excluding hydrogens is 338 g/mol. The molecule has 2 N–H and O–H groups in total. The van der Waals surface area contributed by atoms with Crippen LogP contribution in [-0.2, 0) is 11.4 Å². The molecule has 1 heterocycles. The van der Waals surface area contributed by atoms with Crippen LogP contribution in [0, 0.1) is 12.8 Å². The van der Waals surface area contributed by atoms with Gasteiger partial charge in [0.05, 0.1) is 11.5 Å². The number of para-hydroxylation sites is 1. The van der Waals surface area contributed by atoms with Crippen LogP contribution in [0.15, 0.2) is 28.8 Å². The van der Waals surface area contributed by atoms with Crippen LogP contribution in [0.1, 0.15) is 47.8 Å². The van der Waals surface area contributed by atoms with Crippen LogP contribution in [0.5, 0.6) is 5.75 Å². The fraction of sp³-hybridized carbons (Fsp3) is 0.444. The summed E-state index contributed by atoms with van der Waals surface area (Å²) in [7, 11) is 0.